The van der Waals surface area contributed by atoms with Gasteiger partial charge >= 0.3 is 5.97 Å². The summed E-state index contributed by atoms with van der Waals surface area (Å²) in [7, 11) is 0. The third-order valence-corrected chi connectivity index (χ3v) is 10.3. The monoisotopic (exact) mass is 526 g/mol. The van der Waals surface area contributed by atoms with Gasteiger partial charge in [-0.05, 0) is 23.8 Å². The summed E-state index contributed by atoms with van der Waals surface area (Å²) in [5, 5.41) is 10.3. The van der Waals surface area contributed by atoms with Crippen molar-refractivity contribution in [3.05, 3.63) is 61.2 Å². The molecule has 7 nitrogen and oxygen atoms in total. The maximum Gasteiger partial charge on any atom is 0.311 e. The highest BCUT2D eigenvalue weighted by molar-refractivity contribution is 8.02. The summed E-state index contributed by atoms with van der Waals surface area (Å²) < 4.78 is 4.68. The lowest BCUT2D eigenvalue weighted by Crippen LogP contribution is -2.59. The maximum absolute atomic E-state index is 14.5. The van der Waals surface area contributed by atoms with Crippen molar-refractivity contribution in [1.82, 2.24) is 9.80 Å². The van der Waals surface area contributed by atoms with E-state index in [-0.39, 0.29) is 42.1 Å². The molecule has 8 heteroatoms. The molecular weight excluding hydrogens is 488 g/mol. The zero-order valence-electron chi connectivity index (χ0n) is 21.9. The van der Waals surface area contributed by atoms with Crippen molar-refractivity contribution in [3.63, 3.8) is 0 Å². The summed E-state index contributed by atoms with van der Waals surface area (Å²) in [6, 6.07) is 8.40. The topological polar surface area (TPSA) is 87.1 Å². The fourth-order valence-corrected chi connectivity index (χ4v) is 8.98. The zero-order valence-corrected chi connectivity index (χ0v) is 22.7. The van der Waals surface area contributed by atoms with E-state index in [1.54, 1.807) is 27.6 Å². The molecule has 0 aliphatic carbocycles. The Morgan fingerprint density at radius 2 is 1.97 bits per heavy atom. The minimum Gasteiger partial charge on any atom is -0.461 e. The molecule has 1 aromatic carbocycles. The second kappa shape index (κ2) is 11.0. The van der Waals surface area contributed by atoms with Crippen LogP contribution in [0, 0.1) is 23.7 Å². The quantitative estimate of drug-likeness (QED) is 0.352. The highest BCUT2D eigenvalue weighted by Crippen LogP contribution is 2.69. The van der Waals surface area contributed by atoms with Crippen molar-refractivity contribution in [2.24, 2.45) is 23.7 Å². The molecule has 1 spiro atoms. The van der Waals surface area contributed by atoms with E-state index in [1.807, 2.05) is 44.2 Å². The van der Waals surface area contributed by atoms with E-state index < -0.39 is 34.6 Å². The number of carbonyl (C=O) groups is 3. The largest absolute Gasteiger partial charge is 0.461 e. The predicted octanol–water partition coefficient (Wildman–Crippen LogP) is 3.28. The lowest BCUT2D eigenvalue weighted by Gasteiger charge is -2.42. The second-order valence-electron chi connectivity index (χ2n) is 10.7. The van der Waals surface area contributed by atoms with Gasteiger partial charge in [-0.25, -0.2) is 0 Å². The number of ether oxygens (including phenoxy) is 1. The van der Waals surface area contributed by atoms with Gasteiger partial charge < -0.3 is 19.6 Å². The normalized spacial score (nSPS) is 30.8. The molecule has 0 radical (unpaired) electrons. The summed E-state index contributed by atoms with van der Waals surface area (Å²) >= 11 is 1.61. The highest BCUT2D eigenvalue weighted by Gasteiger charge is 2.77. The first kappa shape index (κ1) is 27.5. The minimum atomic E-state index is -0.796. The first-order valence-corrected chi connectivity index (χ1v) is 13.9. The van der Waals surface area contributed by atoms with Crippen LogP contribution in [0.15, 0.2) is 55.6 Å². The number of nitrogens with zero attached hydrogens (tertiary/aromatic N) is 2. The van der Waals surface area contributed by atoms with E-state index >= 15 is 0 Å². The van der Waals surface area contributed by atoms with Gasteiger partial charge in [0.25, 0.3) is 0 Å². The van der Waals surface area contributed by atoms with Crippen molar-refractivity contribution in [3.8, 4) is 0 Å². The fraction of sp³-hybridized carbons (Fsp3) is 0.552. The van der Waals surface area contributed by atoms with Gasteiger partial charge in [0.2, 0.25) is 11.8 Å². The standard InChI is InChI=1S/C29H38N2O5S/c1-6-13-30(16-20-11-9-8-10-12-20)27(34)25-29-19(5)15-22(37-29)23(28(35)36-14-7-2)24(29)26(33)31(25)21(17-32)18(3)4/h6-12,18-19,21-25,32H,1-2,13-17H2,3-5H3/t19?,21-,22+,23-,24-,25?,29?/m0/s1. The van der Waals surface area contributed by atoms with Crippen LogP contribution in [0.25, 0.3) is 0 Å². The molecule has 2 bridgehead atoms. The third-order valence-electron chi connectivity index (χ3n) is 8.22. The van der Waals surface area contributed by atoms with Gasteiger partial charge in [-0.15, -0.1) is 18.3 Å². The van der Waals surface area contributed by atoms with Gasteiger partial charge in [-0.1, -0.05) is 69.8 Å². The SMILES string of the molecule is C=CCOC(=O)[C@@H]1[C@H]2C(=O)N([C@@H](CO)C(C)C)C(C(=O)N(CC=C)Cc3ccccc3)C23S[C@@H]1CC3C. The van der Waals surface area contributed by atoms with Gasteiger partial charge in [0.05, 0.1) is 29.2 Å². The van der Waals surface area contributed by atoms with Crippen molar-refractivity contribution in [2.45, 2.75) is 55.8 Å². The Morgan fingerprint density at radius 3 is 2.57 bits per heavy atom. The van der Waals surface area contributed by atoms with Crippen LogP contribution < -0.4 is 0 Å². The summed E-state index contributed by atoms with van der Waals surface area (Å²) in [5.74, 6) is -2.15. The van der Waals surface area contributed by atoms with E-state index in [0.717, 1.165) is 12.0 Å². The van der Waals surface area contributed by atoms with Gasteiger partial charge in [-0.2, -0.15) is 0 Å². The summed E-state index contributed by atoms with van der Waals surface area (Å²) in [5.41, 5.74) is 0.979. The molecule has 0 aromatic heterocycles. The van der Waals surface area contributed by atoms with Gasteiger partial charge in [-0.3, -0.25) is 14.4 Å². The highest BCUT2D eigenvalue weighted by atomic mass is 32.2. The van der Waals surface area contributed by atoms with E-state index in [0.29, 0.717) is 13.1 Å². The molecule has 4 rings (SSSR count). The van der Waals surface area contributed by atoms with Gasteiger partial charge in [0, 0.05) is 18.3 Å². The summed E-state index contributed by atoms with van der Waals surface area (Å²) in [6.07, 6.45) is 3.94. The van der Waals surface area contributed by atoms with Crippen molar-refractivity contribution >= 4 is 29.5 Å². The molecule has 37 heavy (non-hydrogen) atoms. The Labute approximate surface area is 223 Å². The molecule has 3 saturated heterocycles. The molecule has 2 amide bonds. The Kier molecular flexibility index (Phi) is 8.19. The number of thioether (sulfide) groups is 1. The number of carbonyl (C=O) groups excluding carboxylic acids is 3. The van der Waals surface area contributed by atoms with Crippen molar-refractivity contribution in [2.75, 3.05) is 19.8 Å². The molecule has 1 N–H and O–H groups in total. The van der Waals surface area contributed by atoms with Crippen LogP contribution in [0.1, 0.15) is 32.8 Å². The van der Waals surface area contributed by atoms with E-state index in [2.05, 4.69) is 20.1 Å². The molecule has 7 atom stereocenters. The van der Waals surface area contributed by atoms with Crippen LogP contribution in [0.2, 0.25) is 0 Å². The number of benzene rings is 1. The zero-order chi connectivity index (χ0) is 26.9. The number of fused-ring (bicyclic) bond motifs is 1. The van der Waals surface area contributed by atoms with Crippen molar-refractivity contribution in [1.29, 1.82) is 0 Å². The van der Waals surface area contributed by atoms with Crippen LogP contribution in [-0.2, 0) is 25.7 Å². The van der Waals surface area contributed by atoms with Gasteiger partial charge in [0.15, 0.2) is 0 Å². The number of esters is 1. The number of hydrogen-bond acceptors (Lipinski definition) is 6. The van der Waals surface area contributed by atoms with Gasteiger partial charge in [0.1, 0.15) is 12.6 Å². The number of aliphatic hydroxyl groups excluding tert-OH is 1. The smallest absolute Gasteiger partial charge is 0.311 e. The Balaban J connectivity index is 1.80. The Hall–Kier alpha value is -2.58. The predicted molar refractivity (Wildman–Crippen MR) is 144 cm³/mol. The van der Waals surface area contributed by atoms with Crippen LogP contribution >= 0.6 is 11.8 Å². The van der Waals surface area contributed by atoms with E-state index in [1.165, 1.54) is 6.08 Å². The first-order chi connectivity index (χ1) is 17.7. The summed E-state index contributed by atoms with van der Waals surface area (Å²) in [6.45, 7) is 14.0. The van der Waals surface area contributed by atoms with Crippen LogP contribution in [0.4, 0.5) is 0 Å². The average molecular weight is 527 g/mol. The van der Waals surface area contributed by atoms with Crippen molar-refractivity contribution < 1.29 is 24.2 Å². The number of rotatable bonds is 11. The van der Waals surface area contributed by atoms with Crippen LogP contribution in [0.5, 0.6) is 0 Å². The minimum absolute atomic E-state index is 0.0349. The molecule has 3 fully saturated rings. The molecule has 0 saturated carbocycles. The fourth-order valence-electron chi connectivity index (χ4n) is 6.59. The van der Waals surface area contributed by atoms with E-state index in [4.69, 9.17) is 4.74 Å². The number of hydrogen-bond donors (Lipinski definition) is 1. The lowest BCUT2D eigenvalue weighted by molar-refractivity contribution is -0.154. The summed E-state index contributed by atoms with van der Waals surface area (Å²) in [4.78, 5) is 45.3. The lowest BCUT2D eigenvalue weighted by atomic mass is 9.66. The molecular formula is C29H38N2O5S. The number of aliphatic hydroxyl groups is 1. The maximum atomic E-state index is 14.5. The molecule has 3 aliphatic heterocycles. The van der Waals surface area contributed by atoms with Crippen LogP contribution in [-0.4, -0.2) is 74.5 Å². The number of amides is 2. The first-order valence-electron chi connectivity index (χ1n) is 13.0. The molecule has 3 aliphatic rings. The Morgan fingerprint density at radius 1 is 1.27 bits per heavy atom. The molecule has 200 valence electrons. The van der Waals surface area contributed by atoms with E-state index in [9.17, 15) is 19.5 Å². The molecule has 1 aromatic rings. The second-order valence-corrected chi connectivity index (χ2v) is 12.3. The Bertz CT molecular complexity index is 1050. The van der Waals surface area contributed by atoms with Crippen LogP contribution in [0.3, 0.4) is 0 Å². The third kappa shape index (κ3) is 4.52. The molecule has 3 unspecified atom stereocenters. The molecule has 3 heterocycles. The average Bonchev–Trinajstić information content (AvgIpc) is 3.47. The number of likely N-dealkylation sites (tertiary alicyclic amines) is 1.